The third-order valence-corrected chi connectivity index (χ3v) is 5.04. The van der Waals surface area contributed by atoms with Crippen molar-refractivity contribution in [2.24, 2.45) is 5.41 Å². The van der Waals surface area contributed by atoms with Gasteiger partial charge in [-0.2, -0.15) is 5.10 Å². The molecule has 138 valence electrons. The van der Waals surface area contributed by atoms with Gasteiger partial charge in [0.25, 0.3) is 5.91 Å². The van der Waals surface area contributed by atoms with Crippen molar-refractivity contribution >= 4 is 5.91 Å². The third-order valence-electron chi connectivity index (χ3n) is 5.04. The Morgan fingerprint density at radius 1 is 1.22 bits per heavy atom. The van der Waals surface area contributed by atoms with E-state index in [1.54, 1.807) is 6.20 Å². The maximum absolute atomic E-state index is 12.6. The number of nitrogens with zero attached hydrogens (tertiary/aromatic N) is 4. The van der Waals surface area contributed by atoms with E-state index in [1.807, 2.05) is 24.4 Å². The van der Waals surface area contributed by atoms with E-state index >= 15 is 0 Å². The molecule has 27 heavy (non-hydrogen) atoms. The smallest absolute Gasteiger partial charge is 0.271 e. The highest BCUT2D eigenvalue weighted by molar-refractivity contribution is 5.92. The van der Waals surface area contributed by atoms with Crippen LogP contribution in [0, 0.1) is 5.41 Å². The van der Waals surface area contributed by atoms with Crippen LogP contribution in [0.4, 0.5) is 0 Å². The van der Waals surface area contributed by atoms with Gasteiger partial charge in [0.15, 0.2) is 0 Å². The van der Waals surface area contributed by atoms with E-state index in [4.69, 9.17) is 0 Å². The number of fused-ring (bicyclic) bond motifs is 1. The van der Waals surface area contributed by atoms with Gasteiger partial charge in [0, 0.05) is 23.7 Å². The first-order valence-corrected chi connectivity index (χ1v) is 9.17. The number of amides is 1. The molecule has 4 rings (SSSR count). The molecule has 0 radical (unpaired) electrons. The van der Waals surface area contributed by atoms with Gasteiger partial charge in [-0.05, 0) is 23.8 Å². The Bertz CT molecular complexity index is 934. The minimum atomic E-state index is -0.201. The van der Waals surface area contributed by atoms with Crippen LogP contribution < -0.4 is 5.32 Å². The number of rotatable bonds is 4. The second kappa shape index (κ2) is 6.95. The van der Waals surface area contributed by atoms with Crippen LogP contribution in [0.1, 0.15) is 53.6 Å². The topological polar surface area (TPSA) is 72.7 Å². The third kappa shape index (κ3) is 3.74. The molecule has 0 saturated carbocycles. The van der Waals surface area contributed by atoms with Crippen LogP contribution in [0.15, 0.2) is 55.1 Å². The Labute approximate surface area is 158 Å². The van der Waals surface area contributed by atoms with Crippen molar-refractivity contribution < 1.29 is 4.79 Å². The minimum Gasteiger partial charge on any atom is -0.344 e. The fourth-order valence-electron chi connectivity index (χ4n) is 3.77. The maximum Gasteiger partial charge on any atom is 0.271 e. The summed E-state index contributed by atoms with van der Waals surface area (Å²) in [6.45, 7) is 5.20. The molecule has 6 heteroatoms. The van der Waals surface area contributed by atoms with Gasteiger partial charge in [-0.3, -0.25) is 14.5 Å². The molecule has 0 spiro atoms. The van der Waals surface area contributed by atoms with Gasteiger partial charge in [-0.15, -0.1) is 0 Å². The summed E-state index contributed by atoms with van der Waals surface area (Å²) in [6.07, 6.45) is 8.28. The average molecular weight is 361 g/mol. The number of benzene rings is 1. The maximum atomic E-state index is 12.6. The summed E-state index contributed by atoms with van der Waals surface area (Å²) >= 11 is 0. The molecule has 2 aromatic heterocycles. The molecule has 1 aliphatic carbocycles. The lowest BCUT2D eigenvalue weighted by molar-refractivity contribution is 0.0913. The number of aromatic nitrogens is 4. The zero-order chi connectivity index (χ0) is 18.9. The minimum absolute atomic E-state index is 0.0712. The Morgan fingerprint density at radius 2 is 2.04 bits per heavy atom. The van der Waals surface area contributed by atoms with Crippen molar-refractivity contribution in [3.63, 3.8) is 0 Å². The van der Waals surface area contributed by atoms with E-state index in [-0.39, 0.29) is 17.4 Å². The summed E-state index contributed by atoms with van der Waals surface area (Å²) in [5, 5.41) is 7.76. The monoisotopic (exact) mass is 361 g/mol. The largest absolute Gasteiger partial charge is 0.344 e. The van der Waals surface area contributed by atoms with Crippen LogP contribution >= 0.6 is 0 Å². The van der Waals surface area contributed by atoms with Crippen molar-refractivity contribution in [3.8, 4) is 0 Å². The molecule has 1 N–H and O–H groups in total. The van der Waals surface area contributed by atoms with Crippen LogP contribution in [-0.4, -0.2) is 25.7 Å². The number of carbonyl (C=O) groups is 1. The normalized spacial score (nSPS) is 17.9. The van der Waals surface area contributed by atoms with Crippen LogP contribution in [0.3, 0.4) is 0 Å². The predicted molar refractivity (Wildman–Crippen MR) is 102 cm³/mol. The fraction of sp³-hybridized carbons (Fsp3) is 0.333. The lowest BCUT2D eigenvalue weighted by Gasteiger charge is -2.36. The molecule has 1 aromatic carbocycles. The van der Waals surface area contributed by atoms with E-state index in [2.05, 4.69) is 51.0 Å². The summed E-state index contributed by atoms with van der Waals surface area (Å²) in [5.41, 5.74) is 3.91. The van der Waals surface area contributed by atoms with E-state index < -0.39 is 0 Å². The predicted octanol–water partition coefficient (Wildman–Crippen LogP) is 3.16. The lowest BCUT2D eigenvalue weighted by Crippen LogP contribution is -2.37. The molecule has 1 amide bonds. The Hall–Kier alpha value is -3.02. The Kier molecular flexibility index (Phi) is 4.48. The molecule has 1 unspecified atom stereocenters. The van der Waals surface area contributed by atoms with Crippen molar-refractivity contribution in [1.29, 1.82) is 0 Å². The van der Waals surface area contributed by atoms with E-state index in [0.717, 1.165) is 24.9 Å². The molecule has 0 saturated heterocycles. The van der Waals surface area contributed by atoms with Gasteiger partial charge in [0.05, 0.1) is 25.0 Å². The molecule has 0 bridgehead atoms. The van der Waals surface area contributed by atoms with E-state index in [9.17, 15) is 4.79 Å². The van der Waals surface area contributed by atoms with Crippen molar-refractivity contribution in [3.05, 3.63) is 77.6 Å². The highest BCUT2D eigenvalue weighted by Gasteiger charge is 2.36. The average Bonchev–Trinajstić information content (AvgIpc) is 3.05. The van der Waals surface area contributed by atoms with Crippen LogP contribution in [0.5, 0.6) is 0 Å². The number of nitrogens with one attached hydrogen (secondary N) is 1. The standard InChI is InChI=1S/C21H23N5O/c1-21(2)10-17(25-20(27)18-13-22-8-9-23-18)16-12-24-26(19(16)11-21)14-15-6-4-3-5-7-15/h3-9,12-13,17H,10-11,14H2,1-2H3,(H,25,27). The first kappa shape index (κ1) is 17.4. The van der Waals surface area contributed by atoms with Gasteiger partial charge in [-0.25, -0.2) is 4.98 Å². The molecule has 2 heterocycles. The van der Waals surface area contributed by atoms with E-state index in [1.165, 1.54) is 23.7 Å². The van der Waals surface area contributed by atoms with Gasteiger partial charge < -0.3 is 5.32 Å². The second-order valence-corrected chi connectivity index (χ2v) is 7.85. The van der Waals surface area contributed by atoms with Crippen molar-refractivity contribution in [2.75, 3.05) is 0 Å². The van der Waals surface area contributed by atoms with Gasteiger partial charge in [0.1, 0.15) is 5.69 Å². The Morgan fingerprint density at radius 3 is 2.78 bits per heavy atom. The Balaban J connectivity index is 1.61. The van der Waals surface area contributed by atoms with Crippen molar-refractivity contribution in [2.45, 2.75) is 39.3 Å². The SMILES string of the molecule is CC1(C)Cc2c(cnn2Cc2ccccc2)C(NC(=O)c2cnccn2)C1. The summed E-state index contributed by atoms with van der Waals surface area (Å²) in [7, 11) is 0. The highest BCUT2D eigenvalue weighted by Crippen LogP contribution is 2.40. The fourth-order valence-corrected chi connectivity index (χ4v) is 3.77. The number of carbonyl (C=O) groups excluding carboxylic acids is 1. The van der Waals surface area contributed by atoms with E-state index in [0.29, 0.717) is 5.69 Å². The lowest BCUT2D eigenvalue weighted by atomic mass is 9.74. The quantitative estimate of drug-likeness (QED) is 0.775. The summed E-state index contributed by atoms with van der Waals surface area (Å²) in [6, 6.07) is 10.2. The number of hydrogen-bond donors (Lipinski definition) is 1. The zero-order valence-electron chi connectivity index (χ0n) is 15.6. The summed E-state index contributed by atoms with van der Waals surface area (Å²) < 4.78 is 2.06. The number of hydrogen-bond acceptors (Lipinski definition) is 4. The summed E-state index contributed by atoms with van der Waals surface area (Å²) in [4.78, 5) is 20.7. The van der Waals surface area contributed by atoms with Crippen LogP contribution in [0.2, 0.25) is 0 Å². The molecule has 0 aliphatic heterocycles. The molecule has 6 nitrogen and oxygen atoms in total. The van der Waals surface area contributed by atoms with Gasteiger partial charge >= 0.3 is 0 Å². The second-order valence-electron chi connectivity index (χ2n) is 7.85. The van der Waals surface area contributed by atoms with Crippen molar-refractivity contribution in [1.82, 2.24) is 25.1 Å². The first-order valence-electron chi connectivity index (χ1n) is 9.17. The highest BCUT2D eigenvalue weighted by atomic mass is 16.1. The van der Waals surface area contributed by atoms with Crippen LogP contribution in [-0.2, 0) is 13.0 Å². The van der Waals surface area contributed by atoms with Crippen LogP contribution in [0.25, 0.3) is 0 Å². The summed E-state index contributed by atoms with van der Waals surface area (Å²) in [5.74, 6) is -0.201. The molecule has 0 fully saturated rings. The first-order chi connectivity index (χ1) is 13.0. The molecular weight excluding hydrogens is 338 g/mol. The zero-order valence-corrected chi connectivity index (χ0v) is 15.6. The molecule has 1 aliphatic rings. The molecular formula is C21H23N5O. The molecule has 3 aromatic rings. The van der Waals surface area contributed by atoms with Gasteiger partial charge in [-0.1, -0.05) is 44.2 Å². The molecule has 1 atom stereocenters. The van der Waals surface area contributed by atoms with Gasteiger partial charge in [0.2, 0.25) is 0 Å².